The van der Waals surface area contributed by atoms with Crippen LogP contribution in [-0.2, 0) is 4.74 Å². The fourth-order valence-corrected chi connectivity index (χ4v) is 1.87. The van der Waals surface area contributed by atoms with Crippen LogP contribution in [0.5, 0.6) is 5.75 Å². The third-order valence-electron chi connectivity index (χ3n) is 2.80. The van der Waals surface area contributed by atoms with E-state index in [1.54, 1.807) is 18.2 Å². The second-order valence-corrected chi connectivity index (χ2v) is 4.39. The highest BCUT2D eigenvalue weighted by molar-refractivity contribution is 6.10. The molecule has 3 nitrogen and oxygen atoms in total. The van der Waals surface area contributed by atoms with Gasteiger partial charge in [-0.15, -0.1) is 0 Å². The topological polar surface area (TPSA) is 35.5 Å². The number of ether oxygens (including phenoxy) is 2. The summed E-state index contributed by atoms with van der Waals surface area (Å²) in [5, 5.41) is 0. The largest absolute Gasteiger partial charge is 0.467 e. The maximum absolute atomic E-state index is 13.4. The molecule has 0 atom stereocenters. The van der Waals surface area contributed by atoms with Gasteiger partial charge in [-0.05, 0) is 31.2 Å². The van der Waals surface area contributed by atoms with Gasteiger partial charge in [0, 0.05) is 12.7 Å². The summed E-state index contributed by atoms with van der Waals surface area (Å²) in [6.45, 7) is 1.89. The van der Waals surface area contributed by atoms with E-state index in [0.29, 0.717) is 11.3 Å². The number of hydrogen-bond acceptors (Lipinski definition) is 3. The number of ketones is 1. The molecule has 0 spiro atoms. The van der Waals surface area contributed by atoms with Crippen molar-refractivity contribution in [1.82, 2.24) is 0 Å². The molecular formula is C16H15FO3. The molecule has 2 aromatic rings. The maximum Gasteiger partial charge on any atom is 0.196 e. The molecule has 0 amide bonds. The molecule has 0 heterocycles. The van der Waals surface area contributed by atoms with Crippen LogP contribution in [0, 0.1) is 12.7 Å². The number of benzene rings is 2. The van der Waals surface area contributed by atoms with Crippen molar-refractivity contribution >= 4 is 5.78 Å². The molecule has 20 heavy (non-hydrogen) atoms. The van der Waals surface area contributed by atoms with Crippen LogP contribution in [0.2, 0.25) is 0 Å². The Balaban J connectivity index is 2.39. The SMILES string of the molecule is COCOc1ccc(F)cc1C(=O)c1cccc(C)c1. The second kappa shape index (κ2) is 6.30. The van der Waals surface area contributed by atoms with Crippen LogP contribution in [0.3, 0.4) is 0 Å². The summed E-state index contributed by atoms with van der Waals surface area (Å²) in [5.74, 6) is -0.454. The Kier molecular flexibility index (Phi) is 4.48. The number of aryl methyl sites for hydroxylation is 1. The van der Waals surface area contributed by atoms with Gasteiger partial charge in [-0.3, -0.25) is 4.79 Å². The smallest absolute Gasteiger partial charge is 0.196 e. The summed E-state index contributed by atoms with van der Waals surface area (Å²) >= 11 is 0. The molecule has 0 N–H and O–H groups in total. The van der Waals surface area contributed by atoms with Gasteiger partial charge < -0.3 is 9.47 Å². The lowest BCUT2D eigenvalue weighted by molar-refractivity contribution is 0.0503. The van der Waals surface area contributed by atoms with Crippen molar-refractivity contribution in [1.29, 1.82) is 0 Å². The summed E-state index contributed by atoms with van der Waals surface area (Å²) in [6.07, 6.45) is 0. The molecular weight excluding hydrogens is 259 g/mol. The zero-order valence-corrected chi connectivity index (χ0v) is 11.4. The first-order valence-corrected chi connectivity index (χ1v) is 6.14. The predicted octanol–water partition coefficient (Wildman–Crippen LogP) is 3.35. The lowest BCUT2D eigenvalue weighted by Crippen LogP contribution is -2.08. The number of hydrogen-bond donors (Lipinski definition) is 0. The lowest BCUT2D eigenvalue weighted by Gasteiger charge is -2.10. The van der Waals surface area contributed by atoms with E-state index in [4.69, 9.17) is 9.47 Å². The third kappa shape index (κ3) is 3.22. The van der Waals surface area contributed by atoms with E-state index in [2.05, 4.69) is 0 Å². The first kappa shape index (κ1) is 14.2. The van der Waals surface area contributed by atoms with Crippen LogP contribution in [0.25, 0.3) is 0 Å². The number of halogens is 1. The number of carbonyl (C=O) groups excluding carboxylic acids is 1. The molecule has 0 aliphatic carbocycles. The predicted molar refractivity (Wildman–Crippen MR) is 73.5 cm³/mol. The standard InChI is InChI=1S/C16H15FO3/c1-11-4-3-5-12(8-11)16(18)14-9-13(17)6-7-15(14)20-10-19-2/h3-9H,10H2,1-2H3. The first-order chi connectivity index (χ1) is 9.61. The van der Waals surface area contributed by atoms with Crippen molar-refractivity contribution < 1.29 is 18.7 Å². The Morgan fingerprint density at radius 1 is 1.20 bits per heavy atom. The number of rotatable bonds is 5. The van der Waals surface area contributed by atoms with Crippen molar-refractivity contribution in [2.75, 3.05) is 13.9 Å². The van der Waals surface area contributed by atoms with Gasteiger partial charge in [0.2, 0.25) is 0 Å². The quantitative estimate of drug-likeness (QED) is 0.619. The molecule has 0 aromatic heterocycles. The number of carbonyl (C=O) groups is 1. The van der Waals surface area contributed by atoms with E-state index in [9.17, 15) is 9.18 Å². The van der Waals surface area contributed by atoms with Crippen molar-refractivity contribution in [3.63, 3.8) is 0 Å². The summed E-state index contributed by atoms with van der Waals surface area (Å²) < 4.78 is 23.5. The van der Waals surface area contributed by atoms with Crippen molar-refractivity contribution in [3.8, 4) is 5.75 Å². The van der Waals surface area contributed by atoms with Crippen LogP contribution in [0.1, 0.15) is 21.5 Å². The monoisotopic (exact) mass is 274 g/mol. The molecule has 0 bridgehead atoms. The Bertz CT molecular complexity index is 623. The van der Waals surface area contributed by atoms with Gasteiger partial charge in [0.15, 0.2) is 12.6 Å². The summed E-state index contributed by atoms with van der Waals surface area (Å²) in [5.41, 5.74) is 1.65. The molecule has 2 aromatic carbocycles. The van der Waals surface area contributed by atoms with Gasteiger partial charge in [-0.1, -0.05) is 23.8 Å². The fourth-order valence-electron chi connectivity index (χ4n) is 1.87. The molecule has 104 valence electrons. The zero-order chi connectivity index (χ0) is 14.5. The average Bonchev–Trinajstić information content (AvgIpc) is 2.45. The molecule has 4 heteroatoms. The van der Waals surface area contributed by atoms with Crippen molar-refractivity contribution in [2.24, 2.45) is 0 Å². The average molecular weight is 274 g/mol. The van der Waals surface area contributed by atoms with E-state index in [1.807, 2.05) is 13.0 Å². The maximum atomic E-state index is 13.4. The van der Waals surface area contributed by atoms with Gasteiger partial charge in [-0.2, -0.15) is 0 Å². The van der Waals surface area contributed by atoms with Gasteiger partial charge >= 0.3 is 0 Å². The number of methoxy groups -OCH3 is 1. The van der Waals surface area contributed by atoms with Crippen molar-refractivity contribution in [3.05, 3.63) is 65.0 Å². The lowest BCUT2D eigenvalue weighted by atomic mass is 10.0. The Hall–Kier alpha value is -2.20. The molecule has 2 rings (SSSR count). The Morgan fingerprint density at radius 2 is 2.00 bits per heavy atom. The summed E-state index contributed by atoms with van der Waals surface area (Å²) in [6, 6.07) is 11.0. The van der Waals surface area contributed by atoms with Gasteiger partial charge in [0.25, 0.3) is 0 Å². The third-order valence-corrected chi connectivity index (χ3v) is 2.80. The van der Waals surface area contributed by atoms with E-state index >= 15 is 0 Å². The highest BCUT2D eigenvalue weighted by atomic mass is 19.1. The minimum Gasteiger partial charge on any atom is -0.467 e. The normalized spacial score (nSPS) is 10.3. The van der Waals surface area contributed by atoms with Gasteiger partial charge in [0.05, 0.1) is 5.56 Å². The van der Waals surface area contributed by atoms with E-state index < -0.39 is 5.82 Å². The highest BCUT2D eigenvalue weighted by Crippen LogP contribution is 2.23. The van der Waals surface area contributed by atoms with Crippen molar-refractivity contribution in [2.45, 2.75) is 6.92 Å². The molecule has 0 saturated carbocycles. The minimum absolute atomic E-state index is 0.000268. The molecule has 0 unspecified atom stereocenters. The van der Waals surface area contributed by atoms with Gasteiger partial charge in [0.1, 0.15) is 11.6 Å². The first-order valence-electron chi connectivity index (χ1n) is 6.14. The Morgan fingerprint density at radius 3 is 2.70 bits per heavy atom. The van der Waals surface area contributed by atoms with Crippen LogP contribution in [-0.4, -0.2) is 19.7 Å². The molecule has 0 aliphatic heterocycles. The van der Waals surface area contributed by atoms with Crippen LogP contribution >= 0.6 is 0 Å². The molecule has 0 aliphatic rings. The summed E-state index contributed by atoms with van der Waals surface area (Å²) in [7, 11) is 1.48. The van der Waals surface area contributed by atoms with Crippen LogP contribution < -0.4 is 4.74 Å². The van der Waals surface area contributed by atoms with E-state index in [0.717, 1.165) is 5.56 Å². The fraction of sp³-hybridized carbons (Fsp3) is 0.188. The Labute approximate surface area is 117 Å². The van der Waals surface area contributed by atoms with E-state index in [1.165, 1.54) is 25.3 Å². The summed E-state index contributed by atoms with van der Waals surface area (Å²) in [4.78, 5) is 12.4. The van der Waals surface area contributed by atoms with Gasteiger partial charge in [-0.25, -0.2) is 4.39 Å². The van der Waals surface area contributed by atoms with Crippen LogP contribution in [0.15, 0.2) is 42.5 Å². The molecule has 0 fully saturated rings. The molecule has 0 radical (unpaired) electrons. The highest BCUT2D eigenvalue weighted by Gasteiger charge is 2.16. The zero-order valence-electron chi connectivity index (χ0n) is 11.4. The molecule has 0 saturated heterocycles. The second-order valence-electron chi connectivity index (χ2n) is 4.39. The van der Waals surface area contributed by atoms with Crippen LogP contribution in [0.4, 0.5) is 4.39 Å². The minimum atomic E-state index is -0.481. The van der Waals surface area contributed by atoms with E-state index in [-0.39, 0.29) is 18.1 Å².